The van der Waals surface area contributed by atoms with Crippen LogP contribution in [-0.4, -0.2) is 33.7 Å². The minimum Gasteiger partial charge on any atom is -0.494 e. The van der Waals surface area contributed by atoms with Crippen molar-refractivity contribution in [1.82, 2.24) is 0 Å². The summed E-state index contributed by atoms with van der Waals surface area (Å²) >= 11 is 0. The van der Waals surface area contributed by atoms with Gasteiger partial charge >= 0.3 is 0 Å². The molecular weight excluding hydrogens is 320 g/mol. The van der Waals surface area contributed by atoms with Crippen LogP contribution in [0.15, 0.2) is 42.5 Å². The van der Waals surface area contributed by atoms with Crippen molar-refractivity contribution in [3.05, 3.63) is 53.6 Å². The van der Waals surface area contributed by atoms with Crippen LogP contribution < -0.4 is 18.9 Å². The summed E-state index contributed by atoms with van der Waals surface area (Å²) in [7, 11) is 4.55. The minimum absolute atomic E-state index is 0.166. The van der Waals surface area contributed by atoms with E-state index >= 15 is 0 Å². The molecule has 0 aliphatic carbocycles. The van der Waals surface area contributed by atoms with Gasteiger partial charge in [0.1, 0.15) is 5.75 Å². The van der Waals surface area contributed by atoms with E-state index in [1.165, 1.54) is 27.4 Å². The zero-order valence-electron chi connectivity index (χ0n) is 14.9. The van der Waals surface area contributed by atoms with Crippen molar-refractivity contribution in [2.24, 2.45) is 0 Å². The number of methoxy groups -OCH3 is 3. The first kappa shape index (κ1) is 18.4. The molecule has 0 atom stereocenters. The van der Waals surface area contributed by atoms with Gasteiger partial charge in [0.15, 0.2) is 17.3 Å². The third-order valence-corrected chi connectivity index (χ3v) is 3.55. The molecule has 0 saturated heterocycles. The van der Waals surface area contributed by atoms with Gasteiger partial charge in [-0.25, -0.2) is 0 Å². The van der Waals surface area contributed by atoms with Crippen LogP contribution in [-0.2, 0) is 0 Å². The van der Waals surface area contributed by atoms with E-state index in [1.807, 2.05) is 31.2 Å². The summed E-state index contributed by atoms with van der Waals surface area (Å²) in [6.07, 6.45) is 3.25. The van der Waals surface area contributed by atoms with Crippen molar-refractivity contribution < 1.29 is 23.7 Å². The lowest BCUT2D eigenvalue weighted by molar-refractivity contribution is 0.104. The van der Waals surface area contributed by atoms with Crippen molar-refractivity contribution in [3.8, 4) is 23.0 Å². The number of hydrogen-bond acceptors (Lipinski definition) is 5. The number of benzene rings is 2. The van der Waals surface area contributed by atoms with Gasteiger partial charge in [0.2, 0.25) is 5.75 Å². The van der Waals surface area contributed by atoms with Crippen LogP contribution in [0.25, 0.3) is 6.08 Å². The highest BCUT2D eigenvalue weighted by atomic mass is 16.5. The average Bonchev–Trinajstić information content (AvgIpc) is 2.65. The fourth-order valence-electron chi connectivity index (χ4n) is 2.37. The first-order valence-electron chi connectivity index (χ1n) is 7.88. The molecule has 0 spiro atoms. The number of ketones is 1. The minimum atomic E-state index is -0.166. The highest BCUT2D eigenvalue weighted by Crippen LogP contribution is 2.38. The van der Waals surface area contributed by atoms with E-state index in [0.29, 0.717) is 29.4 Å². The van der Waals surface area contributed by atoms with Crippen LogP contribution in [0, 0.1) is 0 Å². The second-order valence-corrected chi connectivity index (χ2v) is 5.12. The number of ether oxygens (including phenoxy) is 4. The van der Waals surface area contributed by atoms with Crippen molar-refractivity contribution in [3.63, 3.8) is 0 Å². The normalized spacial score (nSPS) is 10.6. The Bertz CT molecular complexity index is 739. The highest BCUT2D eigenvalue weighted by Gasteiger charge is 2.15. The SMILES string of the molecule is CCOc1cccc(/C=C/C(=O)c2cc(OC)c(OC)c(OC)c2)c1. The Labute approximate surface area is 147 Å². The molecule has 0 aromatic heterocycles. The third kappa shape index (κ3) is 4.53. The summed E-state index contributed by atoms with van der Waals surface area (Å²) in [5.74, 6) is 1.94. The van der Waals surface area contributed by atoms with E-state index in [0.717, 1.165) is 11.3 Å². The van der Waals surface area contributed by atoms with Crippen LogP contribution in [0.3, 0.4) is 0 Å². The Balaban J connectivity index is 2.27. The molecule has 0 radical (unpaired) electrons. The molecule has 0 N–H and O–H groups in total. The number of carbonyl (C=O) groups is 1. The van der Waals surface area contributed by atoms with Crippen molar-refractivity contribution in [2.75, 3.05) is 27.9 Å². The van der Waals surface area contributed by atoms with E-state index < -0.39 is 0 Å². The monoisotopic (exact) mass is 342 g/mol. The van der Waals surface area contributed by atoms with Crippen LogP contribution in [0.2, 0.25) is 0 Å². The predicted molar refractivity (Wildman–Crippen MR) is 97.1 cm³/mol. The molecule has 0 aliphatic heterocycles. The van der Waals surface area contributed by atoms with Crippen LogP contribution in [0.4, 0.5) is 0 Å². The van der Waals surface area contributed by atoms with E-state index in [4.69, 9.17) is 18.9 Å². The molecule has 0 heterocycles. The molecule has 5 heteroatoms. The average molecular weight is 342 g/mol. The first-order valence-corrected chi connectivity index (χ1v) is 7.88. The van der Waals surface area contributed by atoms with Gasteiger partial charge in [-0.05, 0) is 42.8 Å². The summed E-state index contributed by atoms with van der Waals surface area (Å²) in [5.41, 5.74) is 1.33. The summed E-state index contributed by atoms with van der Waals surface area (Å²) in [5, 5.41) is 0. The molecule has 0 unspecified atom stereocenters. The second kappa shape index (κ2) is 8.78. The first-order chi connectivity index (χ1) is 12.1. The van der Waals surface area contributed by atoms with Gasteiger partial charge in [0, 0.05) is 5.56 Å². The summed E-state index contributed by atoms with van der Waals surface area (Å²) < 4.78 is 21.3. The number of carbonyl (C=O) groups excluding carboxylic acids is 1. The molecule has 5 nitrogen and oxygen atoms in total. The largest absolute Gasteiger partial charge is 0.494 e. The lowest BCUT2D eigenvalue weighted by Gasteiger charge is -2.13. The van der Waals surface area contributed by atoms with Gasteiger partial charge in [-0.1, -0.05) is 18.2 Å². The maximum Gasteiger partial charge on any atom is 0.203 e. The lowest BCUT2D eigenvalue weighted by atomic mass is 10.1. The summed E-state index contributed by atoms with van der Waals surface area (Å²) in [6.45, 7) is 2.52. The fraction of sp³-hybridized carbons (Fsp3) is 0.250. The summed E-state index contributed by atoms with van der Waals surface area (Å²) in [6, 6.07) is 10.8. The standard InChI is InChI=1S/C20H22O5/c1-5-25-16-8-6-7-14(11-16)9-10-17(21)15-12-18(22-2)20(24-4)19(13-15)23-3/h6-13H,5H2,1-4H3/b10-9+. The quantitative estimate of drug-likeness (QED) is 0.536. The van der Waals surface area contributed by atoms with Gasteiger partial charge in [0.05, 0.1) is 27.9 Å². The molecule has 2 aromatic rings. The molecule has 0 aliphatic rings. The van der Waals surface area contributed by atoms with Crippen molar-refractivity contribution >= 4 is 11.9 Å². The van der Waals surface area contributed by atoms with Gasteiger partial charge < -0.3 is 18.9 Å². The second-order valence-electron chi connectivity index (χ2n) is 5.12. The molecule has 25 heavy (non-hydrogen) atoms. The zero-order valence-corrected chi connectivity index (χ0v) is 14.9. The molecule has 2 aromatic carbocycles. The molecule has 2 rings (SSSR count). The van der Waals surface area contributed by atoms with E-state index in [1.54, 1.807) is 18.2 Å². The molecule has 0 fully saturated rings. The van der Waals surface area contributed by atoms with Gasteiger partial charge in [-0.2, -0.15) is 0 Å². The lowest BCUT2D eigenvalue weighted by Crippen LogP contribution is -2.00. The van der Waals surface area contributed by atoms with Crippen LogP contribution in [0.1, 0.15) is 22.8 Å². The predicted octanol–water partition coefficient (Wildman–Crippen LogP) is 4.01. The van der Waals surface area contributed by atoms with Gasteiger partial charge in [0.25, 0.3) is 0 Å². The summed E-state index contributed by atoms with van der Waals surface area (Å²) in [4.78, 5) is 12.5. The van der Waals surface area contributed by atoms with Crippen LogP contribution in [0.5, 0.6) is 23.0 Å². The number of rotatable bonds is 8. The third-order valence-electron chi connectivity index (χ3n) is 3.55. The van der Waals surface area contributed by atoms with Crippen molar-refractivity contribution in [2.45, 2.75) is 6.92 Å². The Kier molecular flexibility index (Phi) is 6.46. The van der Waals surface area contributed by atoms with E-state index in [2.05, 4.69) is 0 Å². The molecule has 132 valence electrons. The number of hydrogen-bond donors (Lipinski definition) is 0. The van der Waals surface area contributed by atoms with Gasteiger partial charge in [-0.15, -0.1) is 0 Å². The number of allylic oxidation sites excluding steroid dienone is 1. The van der Waals surface area contributed by atoms with Crippen molar-refractivity contribution in [1.29, 1.82) is 0 Å². The maximum atomic E-state index is 12.5. The maximum absolute atomic E-state index is 12.5. The highest BCUT2D eigenvalue weighted by molar-refractivity contribution is 6.07. The fourth-order valence-corrected chi connectivity index (χ4v) is 2.37. The van der Waals surface area contributed by atoms with Crippen LogP contribution >= 0.6 is 0 Å². The Morgan fingerprint density at radius 3 is 2.24 bits per heavy atom. The smallest absolute Gasteiger partial charge is 0.203 e. The molecular formula is C20H22O5. The van der Waals surface area contributed by atoms with E-state index in [-0.39, 0.29) is 5.78 Å². The van der Waals surface area contributed by atoms with E-state index in [9.17, 15) is 4.79 Å². The topological polar surface area (TPSA) is 54.0 Å². The molecule has 0 saturated carbocycles. The van der Waals surface area contributed by atoms with Gasteiger partial charge in [-0.3, -0.25) is 4.79 Å². The Morgan fingerprint density at radius 2 is 1.68 bits per heavy atom. The Morgan fingerprint density at radius 1 is 1.00 bits per heavy atom. The Hall–Kier alpha value is -2.95. The zero-order chi connectivity index (χ0) is 18.2. The molecule has 0 amide bonds. The molecule has 0 bridgehead atoms.